The van der Waals surface area contributed by atoms with Gasteiger partial charge in [0.25, 0.3) is 0 Å². The maximum Gasteiger partial charge on any atom is 0.410 e. The van der Waals surface area contributed by atoms with Gasteiger partial charge in [0.1, 0.15) is 11.4 Å². The molecule has 0 saturated carbocycles. The van der Waals surface area contributed by atoms with Crippen LogP contribution in [0.5, 0.6) is 0 Å². The smallest absolute Gasteiger partial charge is 0.410 e. The van der Waals surface area contributed by atoms with Crippen molar-refractivity contribution in [1.29, 1.82) is 0 Å². The molecule has 2 rings (SSSR count). The molecule has 1 aromatic carbocycles. The zero-order chi connectivity index (χ0) is 17.9. The minimum absolute atomic E-state index is 0.105. The number of hydrogen-bond acceptors (Lipinski definition) is 4. The second-order valence-corrected chi connectivity index (χ2v) is 6.61. The lowest BCUT2D eigenvalue weighted by Gasteiger charge is -2.32. The largest absolute Gasteiger partial charge is 0.466 e. The minimum atomic E-state index is -0.608. The Bertz CT molecular complexity index is 659. The third kappa shape index (κ3) is 4.34. The summed E-state index contributed by atoms with van der Waals surface area (Å²) in [7, 11) is 1.30. The topological polar surface area (TPSA) is 55.8 Å². The third-order valence-corrected chi connectivity index (χ3v) is 3.62. The zero-order valence-corrected chi connectivity index (χ0v) is 14.4. The van der Waals surface area contributed by atoms with Gasteiger partial charge in [0.2, 0.25) is 0 Å². The number of halogens is 1. The summed E-state index contributed by atoms with van der Waals surface area (Å²) in [5, 5.41) is 0. The van der Waals surface area contributed by atoms with Crippen molar-refractivity contribution in [2.24, 2.45) is 0 Å². The van der Waals surface area contributed by atoms with Crippen LogP contribution in [0.25, 0.3) is 5.57 Å². The lowest BCUT2D eigenvalue weighted by Crippen LogP contribution is -2.41. The summed E-state index contributed by atoms with van der Waals surface area (Å²) in [6.45, 7) is 5.89. The maximum atomic E-state index is 13.1. The molecule has 1 aliphatic rings. The number of esters is 1. The highest BCUT2D eigenvalue weighted by atomic mass is 19.1. The molecule has 1 aliphatic heterocycles. The number of methoxy groups -OCH3 is 1. The van der Waals surface area contributed by atoms with Crippen LogP contribution >= 0.6 is 0 Å². The van der Waals surface area contributed by atoms with E-state index in [2.05, 4.69) is 0 Å². The van der Waals surface area contributed by atoms with E-state index in [4.69, 9.17) is 9.47 Å². The number of rotatable bonds is 2. The Morgan fingerprint density at radius 2 is 1.79 bits per heavy atom. The number of amides is 1. The molecular weight excluding hydrogens is 313 g/mol. The summed E-state index contributed by atoms with van der Waals surface area (Å²) in [6, 6.07) is 5.93. The summed E-state index contributed by atoms with van der Waals surface area (Å²) in [6.07, 6.45) is -0.00275. The lowest BCUT2D eigenvalue weighted by atomic mass is 9.93. The van der Waals surface area contributed by atoms with Crippen LogP contribution < -0.4 is 0 Å². The predicted molar refractivity (Wildman–Crippen MR) is 87.8 cm³/mol. The van der Waals surface area contributed by atoms with E-state index in [1.807, 2.05) is 0 Å². The molecule has 24 heavy (non-hydrogen) atoms. The third-order valence-electron chi connectivity index (χ3n) is 3.62. The highest BCUT2D eigenvalue weighted by molar-refractivity contribution is 5.99. The minimum Gasteiger partial charge on any atom is -0.466 e. The second kappa shape index (κ2) is 7.03. The van der Waals surface area contributed by atoms with Crippen molar-refractivity contribution < 1.29 is 23.5 Å². The van der Waals surface area contributed by atoms with Crippen LogP contribution in [0.2, 0.25) is 0 Å². The van der Waals surface area contributed by atoms with Gasteiger partial charge in [-0.05, 0) is 50.5 Å². The molecule has 5 nitrogen and oxygen atoms in total. The van der Waals surface area contributed by atoms with Gasteiger partial charge < -0.3 is 14.4 Å². The Morgan fingerprint density at radius 1 is 1.17 bits per heavy atom. The molecule has 1 aromatic rings. The summed E-state index contributed by atoms with van der Waals surface area (Å²) < 4.78 is 23.3. The molecule has 0 bridgehead atoms. The van der Waals surface area contributed by atoms with E-state index in [1.165, 1.54) is 24.1 Å². The number of nitrogens with zero attached hydrogens (tertiary/aromatic N) is 1. The number of carbonyl (C=O) groups is 2. The SMILES string of the molecule is COC(=O)C1=C(c2ccc(F)cc2)CCN(C(=O)OC(C)(C)C)C1. The van der Waals surface area contributed by atoms with Gasteiger partial charge >= 0.3 is 12.1 Å². The number of carbonyl (C=O) groups excluding carboxylic acids is 2. The molecule has 0 radical (unpaired) electrons. The molecule has 0 aliphatic carbocycles. The number of ether oxygens (including phenoxy) is 2. The quantitative estimate of drug-likeness (QED) is 0.778. The molecule has 0 fully saturated rings. The van der Waals surface area contributed by atoms with E-state index >= 15 is 0 Å². The van der Waals surface area contributed by atoms with E-state index in [9.17, 15) is 14.0 Å². The second-order valence-electron chi connectivity index (χ2n) is 6.61. The Balaban J connectivity index is 2.30. The van der Waals surface area contributed by atoms with E-state index in [0.29, 0.717) is 18.5 Å². The first-order chi connectivity index (χ1) is 11.2. The van der Waals surface area contributed by atoms with Crippen molar-refractivity contribution in [1.82, 2.24) is 4.90 Å². The molecule has 0 spiro atoms. The monoisotopic (exact) mass is 335 g/mol. The molecule has 1 heterocycles. The Morgan fingerprint density at radius 3 is 2.33 bits per heavy atom. The van der Waals surface area contributed by atoms with Crippen LogP contribution in [0.3, 0.4) is 0 Å². The first-order valence-corrected chi connectivity index (χ1v) is 7.75. The standard InChI is InChI=1S/C18H22FNO4/c1-18(2,3)24-17(22)20-10-9-14(15(11-20)16(21)23-4)12-5-7-13(19)8-6-12/h5-8H,9-11H2,1-4H3. The number of hydrogen-bond donors (Lipinski definition) is 0. The molecule has 0 atom stereocenters. The average Bonchev–Trinajstić information content (AvgIpc) is 2.52. The van der Waals surface area contributed by atoms with Gasteiger partial charge in [-0.15, -0.1) is 0 Å². The van der Waals surface area contributed by atoms with Gasteiger partial charge in [0.15, 0.2) is 0 Å². The van der Waals surface area contributed by atoms with Crippen LogP contribution in [-0.2, 0) is 14.3 Å². The Labute approximate surface area is 141 Å². The molecule has 0 N–H and O–H groups in total. The maximum absolute atomic E-state index is 13.1. The van der Waals surface area contributed by atoms with Crippen molar-refractivity contribution in [3.05, 3.63) is 41.2 Å². The molecular formula is C18H22FNO4. The van der Waals surface area contributed by atoms with Crippen molar-refractivity contribution in [3.8, 4) is 0 Å². The Hall–Kier alpha value is -2.37. The van der Waals surface area contributed by atoms with Crippen LogP contribution in [0.15, 0.2) is 29.8 Å². The van der Waals surface area contributed by atoms with Gasteiger partial charge in [-0.25, -0.2) is 14.0 Å². The van der Waals surface area contributed by atoms with Crippen molar-refractivity contribution >= 4 is 17.6 Å². The average molecular weight is 335 g/mol. The summed E-state index contributed by atoms with van der Waals surface area (Å²) in [4.78, 5) is 25.9. The van der Waals surface area contributed by atoms with Crippen molar-refractivity contribution in [2.75, 3.05) is 20.2 Å². The zero-order valence-electron chi connectivity index (χ0n) is 14.4. The summed E-state index contributed by atoms with van der Waals surface area (Å²) in [5.74, 6) is -0.840. The molecule has 0 unspecified atom stereocenters. The predicted octanol–water partition coefficient (Wildman–Crippen LogP) is 3.39. The van der Waals surface area contributed by atoms with Crippen LogP contribution in [0.1, 0.15) is 32.8 Å². The van der Waals surface area contributed by atoms with Crippen LogP contribution in [0, 0.1) is 5.82 Å². The van der Waals surface area contributed by atoms with Crippen LogP contribution in [-0.4, -0.2) is 42.8 Å². The van der Waals surface area contributed by atoms with Gasteiger partial charge in [-0.3, -0.25) is 0 Å². The fourth-order valence-electron chi connectivity index (χ4n) is 2.53. The Kier molecular flexibility index (Phi) is 5.26. The van der Waals surface area contributed by atoms with E-state index in [-0.39, 0.29) is 12.4 Å². The summed E-state index contributed by atoms with van der Waals surface area (Å²) in [5.41, 5.74) is 1.30. The molecule has 1 amide bonds. The highest BCUT2D eigenvalue weighted by Gasteiger charge is 2.30. The lowest BCUT2D eigenvalue weighted by molar-refractivity contribution is -0.136. The normalized spacial score (nSPS) is 15.3. The van der Waals surface area contributed by atoms with Crippen molar-refractivity contribution in [2.45, 2.75) is 32.8 Å². The van der Waals surface area contributed by atoms with Crippen LogP contribution in [0.4, 0.5) is 9.18 Å². The van der Waals surface area contributed by atoms with Gasteiger partial charge in [0.05, 0.1) is 19.2 Å². The summed E-state index contributed by atoms with van der Waals surface area (Å²) >= 11 is 0. The first-order valence-electron chi connectivity index (χ1n) is 7.75. The molecule has 6 heteroatoms. The first kappa shape index (κ1) is 18.0. The molecule has 0 aromatic heterocycles. The highest BCUT2D eigenvalue weighted by Crippen LogP contribution is 2.29. The van der Waals surface area contributed by atoms with Crippen molar-refractivity contribution in [3.63, 3.8) is 0 Å². The van der Waals surface area contributed by atoms with Gasteiger partial charge in [0, 0.05) is 6.54 Å². The molecule has 130 valence electrons. The van der Waals surface area contributed by atoms with E-state index < -0.39 is 17.7 Å². The van der Waals surface area contributed by atoms with Gasteiger partial charge in [-0.1, -0.05) is 12.1 Å². The fourth-order valence-corrected chi connectivity index (χ4v) is 2.53. The van der Waals surface area contributed by atoms with E-state index in [0.717, 1.165) is 11.1 Å². The number of benzene rings is 1. The van der Waals surface area contributed by atoms with Gasteiger partial charge in [-0.2, -0.15) is 0 Å². The molecule has 0 saturated heterocycles. The fraction of sp³-hybridized carbons (Fsp3) is 0.444. The van der Waals surface area contributed by atoms with E-state index in [1.54, 1.807) is 32.9 Å².